The summed E-state index contributed by atoms with van der Waals surface area (Å²) < 4.78 is 0. The van der Waals surface area contributed by atoms with E-state index in [4.69, 9.17) is 0 Å². The summed E-state index contributed by atoms with van der Waals surface area (Å²) in [5.41, 5.74) is 3.11. The van der Waals surface area contributed by atoms with Crippen molar-refractivity contribution in [2.24, 2.45) is 11.3 Å². The molecule has 4 rings (SSSR count). The van der Waals surface area contributed by atoms with Crippen molar-refractivity contribution in [1.29, 1.82) is 0 Å². The second kappa shape index (κ2) is 8.40. The maximum atomic E-state index is 13.2. The van der Waals surface area contributed by atoms with Gasteiger partial charge in [-0.2, -0.15) is 0 Å². The Labute approximate surface area is 173 Å². The van der Waals surface area contributed by atoms with Gasteiger partial charge in [0.25, 0.3) is 0 Å². The van der Waals surface area contributed by atoms with Crippen LogP contribution in [0.2, 0.25) is 0 Å². The SMILES string of the molecule is CCNC(=O)C1(Cc2ccccc2-c2ccccc2)CCN(C(=O)C2CC2)CC1. The van der Waals surface area contributed by atoms with Gasteiger partial charge < -0.3 is 10.2 Å². The predicted octanol–water partition coefficient (Wildman–Crippen LogP) is 4.05. The molecule has 2 amide bonds. The van der Waals surface area contributed by atoms with Gasteiger partial charge in [0.15, 0.2) is 0 Å². The van der Waals surface area contributed by atoms with E-state index in [1.54, 1.807) is 0 Å². The van der Waals surface area contributed by atoms with Gasteiger partial charge in [0.05, 0.1) is 5.41 Å². The molecular weight excluding hydrogens is 360 g/mol. The van der Waals surface area contributed by atoms with E-state index in [0.717, 1.165) is 25.7 Å². The summed E-state index contributed by atoms with van der Waals surface area (Å²) >= 11 is 0. The van der Waals surface area contributed by atoms with Crippen LogP contribution in [0.4, 0.5) is 0 Å². The zero-order valence-corrected chi connectivity index (χ0v) is 17.2. The van der Waals surface area contributed by atoms with Crippen molar-refractivity contribution in [3.05, 3.63) is 60.2 Å². The fourth-order valence-corrected chi connectivity index (χ4v) is 4.51. The zero-order valence-electron chi connectivity index (χ0n) is 17.2. The van der Waals surface area contributed by atoms with Crippen LogP contribution in [0.15, 0.2) is 54.6 Å². The molecule has 0 atom stereocenters. The maximum absolute atomic E-state index is 13.2. The molecule has 0 unspecified atom stereocenters. The van der Waals surface area contributed by atoms with E-state index in [0.29, 0.717) is 32.0 Å². The molecule has 4 heteroatoms. The molecule has 1 saturated carbocycles. The van der Waals surface area contributed by atoms with Crippen molar-refractivity contribution in [3.8, 4) is 11.1 Å². The number of hydrogen-bond acceptors (Lipinski definition) is 2. The van der Waals surface area contributed by atoms with Crippen LogP contribution in [-0.4, -0.2) is 36.3 Å². The van der Waals surface area contributed by atoms with Crippen LogP contribution in [-0.2, 0) is 16.0 Å². The molecule has 4 nitrogen and oxygen atoms in total. The fourth-order valence-electron chi connectivity index (χ4n) is 4.51. The van der Waals surface area contributed by atoms with Gasteiger partial charge in [-0.15, -0.1) is 0 Å². The normalized spacial score (nSPS) is 18.3. The van der Waals surface area contributed by atoms with Gasteiger partial charge in [0.2, 0.25) is 11.8 Å². The molecule has 1 saturated heterocycles. The number of rotatable bonds is 6. The van der Waals surface area contributed by atoms with Gasteiger partial charge in [0.1, 0.15) is 0 Å². The van der Waals surface area contributed by atoms with Crippen LogP contribution in [0.25, 0.3) is 11.1 Å². The molecular formula is C25H30N2O2. The molecule has 152 valence electrons. The molecule has 2 aromatic rings. The minimum absolute atomic E-state index is 0.126. The Balaban J connectivity index is 1.59. The summed E-state index contributed by atoms with van der Waals surface area (Å²) in [6.45, 7) is 3.96. The summed E-state index contributed by atoms with van der Waals surface area (Å²) in [7, 11) is 0. The average Bonchev–Trinajstić information content (AvgIpc) is 3.60. The van der Waals surface area contributed by atoms with Crippen molar-refractivity contribution in [2.75, 3.05) is 19.6 Å². The van der Waals surface area contributed by atoms with Gasteiger partial charge in [-0.25, -0.2) is 0 Å². The molecule has 1 aliphatic carbocycles. The van der Waals surface area contributed by atoms with E-state index in [9.17, 15) is 9.59 Å². The number of benzene rings is 2. The van der Waals surface area contributed by atoms with Gasteiger partial charge in [-0.05, 0) is 55.7 Å². The number of piperidine rings is 1. The minimum Gasteiger partial charge on any atom is -0.356 e. The molecule has 0 bridgehead atoms. The second-order valence-corrected chi connectivity index (χ2v) is 8.44. The first kappa shape index (κ1) is 19.7. The van der Waals surface area contributed by atoms with Crippen LogP contribution < -0.4 is 5.32 Å². The maximum Gasteiger partial charge on any atom is 0.226 e. The van der Waals surface area contributed by atoms with Gasteiger partial charge in [0, 0.05) is 25.6 Å². The van der Waals surface area contributed by atoms with Gasteiger partial charge in [-0.1, -0.05) is 54.6 Å². The highest BCUT2D eigenvalue weighted by atomic mass is 16.2. The molecule has 2 aromatic carbocycles. The smallest absolute Gasteiger partial charge is 0.226 e. The van der Waals surface area contributed by atoms with Crippen molar-refractivity contribution >= 4 is 11.8 Å². The Bertz CT molecular complexity index is 865. The number of carbonyl (C=O) groups is 2. The number of carbonyl (C=O) groups excluding carboxylic acids is 2. The quantitative estimate of drug-likeness (QED) is 0.809. The molecule has 2 fully saturated rings. The lowest BCUT2D eigenvalue weighted by molar-refractivity contribution is -0.141. The third-order valence-electron chi connectivity index (χ3n) is 6.41. The highest BCUT2D eigenvalue weighted by Gasteiger charge is 2.44. The topological polar surface area (TPSA) is 49.4 Å². The van der Waals surface area contributed by atoms with E-state index in [-0.39, 0.29) is 11.8 Å². The molecule has 1 heterocycles. The Morgan fingerprint density at radius 1 is 1.00 bits per heavy atom. The molecule has 29 heavy (non-hydrogen) atoms. The van der Waals surface area contributed by atoms with E-state index in [1.807, 2.05) is 30.0 Å². The van der Waals surface area contributed by atoms with Gasteiger partial charge in [-0.3, -0.25) is 9.59 Å². The van der Waals surface area contributed by atoms with E-state index in [2.05, 4.69) is 41.7 Å². The standard InChI is InChI=1S/C25H30N2O2/c1-2-26-24(29)25(14-16-27(17-15-25)23(28)20-12-13-20)18-21-10-6-7-11-22(21)19-8-4-3-5-9-19/h3-11,20H,2,12-18H2,1H3,(H,26,29). The first-order valence-corrected chi connectivity index (χ1v) is 10.8. The molecule has 0 radical (unpaired) electrons. The molecule has 0 aromatic heterocycles. The minimum atomic E-state index is -0.457. The number of likely N-dealkylation sites (tertiary alicyclic amines) is 1. The van der Waals surface area contributed by atoms with Crippen molar-refractivity contribution in [2.45, 2.75) is 39.0 Å². The first-order valence-electron chi connectivity index (χ1n) is 10.8. The average molecular weight is 391 g/mol. The van der Waals surface area contributed by atoms with Crippen LogP contribution in [0.1, 0.15) is 38.2 Å². The summed E-state index contributed by atoms with van der Waals surface area (Å²) in [4.78, 5) is 27.7. The Kier molecular flexibility index (Phi) is 5.70. The third-order valence-corrected chi connectivity index (χ3v) is 6.41. The van der Waals surface area contributed by atoms with Crippen LogP contribution in [0, 0.1) is 11.3 Å². The summed E-state index contributed by atoms with van der Waals surface area (Å²) in [6, 6.07) is 18.8. The number of amides is 2. The lowest BCUT2D eigenvalue weighted by Crippen LogP contribution is -2.51. The summed E-state index contributed by atoms with van der Waals surface area (Å²) in [5, 5.41) is 3.07. The number of nitrogens with zero attached hydrogens (tertiary/aromatic N) is 1. The Hall–Kier alpha value is -2.62. The van der Waals surface area contributed by atoms with Crippen molar-refractivity contribution in [3.63, 3.8) is 0 Å². The summed E-state index contributed by atoms with van der Waals surface area (Å²) in [6.07, 6.45) is 4.21. The second-order valence-electron chi connectivity index (χ2n) is 8.44. The Morgan fingerprint density at radius 2 is 1.66 bits per heavy atom. The Morgan fingerprint density at radius 3 is 2.31 bits per heavy atom. The van der Waals surface area contributed by atoms with Gasteiger partial charge >= 0.3 is 0 Å². The lowest BCUT2D eigenvalue weighted by Gasteiger charge is -2.41. The van der Waals surface area contributed by atoms with Crippen molar-refractivity contribution in [1.82, 2.24) is 10.2 Å². The van der Waals surface area contributed by atoms with Crippen LogP contribution in [0.3, 0.4) is 0 Å². The molecule has 0 spiro atoms. The van der Waals surface area contributed by atoms with E-state index in [1.165, 1.54) is 16.7 Å². The highest BCUT2D eigenvalue weighted by molar-refractivity contribution is 5.85. The highest BCUT2D eigenvalue weighted by Crippen LogP contribution is 2.40. The van der Waals surface area contributed by atoms with E-state index < -0.39 is 5.41 Å². The molecule has 1 aliphatic heterocycles. The molecule has 2 aliphatic rings. The predicted molar refractivity (Wildman–Crippen MR) is 115 cm³/mol. The zero-order chi connectivity index (χ0) is 20.3. The lowest BCUT2D eigenvalue weighted by atomic mass is 9.72. The number of hydrogen-bond donors (Lipinski definition) is 1. The van der Waals surface area contributed by atoms with E-state index >= 15 is 0 Å². The largest absolute Gasteiger partial charge is 0.356 e. The van der Waals surface area contributed by atoms with Crippen molar-refractivity contribution < 1.29 is 9.59 Å². The van der Waals surface area contributed by atoms with Crippen LogP contribution in [0.5, 0.6) is 0 Å². The first-order chi connectivity index (χ1) is 14.1. The van der Waals surface area contributed by atoms with Crippen LogP contribution >= 0.6 is 0 Å². The monoisotopic (exact) mass is 390 g/mol. The number of nitrogens with one attached hydrogen (secondary N) is 1. The molecule has 1 N–H and O–H groups in total. The fraction of sp³-hybridized carbons (Fsp3) is 0.440. The summed E-state index contributed by atoms with van der Waals surface area (Å²) in [5.74, 6) is 0.659. The third kappa shape index (κ3) is 4.21.